The summed E-state index contributed by atoms with van der Waals surface area (Å²) in [6, 6.07) is 14.0. The lowest BCUT2D eigenvalue weighted by molar-refractivity contribution is -0.117. The van der Waals surface area contributed by atoms with Crippen LogP contribution in [-0.4, -0.2) is 42.4 Å². The maximum atomic E-state index is 13.1. The molecule has 1 aliphatic rings. The summed E-state index contributed by atoms with van der Waals surface area (Å²) in [4.78, 5) is 28.2. The highest BCUT2D eigenvalue weighted by Gasteiger charge is 2.31. The van der Waals surface area contributed by atoms with Gasteiger partial charge in [-0.05, 0) is 68.1 Å². The van der Waals surface area contributed by atoms with Crippen LogP contribution in [0.2, 0.25) is 0 Å². The number of amides is 2. The first-order valence-corrected chi connectivity index (χ1v) is 11.3. The van der Waals surface area contributed by atoms with Gasteiger partial charge in [0.2, 0.25) is 5.91 Å². The second-order valence-corrected chi connectivity index (χ2v) is 9.30. The van der Waals surface area contributed by atoms with Crippen LogP contribution in [0.4, 0.5) is 10.1 Å². The Kier molecular flexibility index (Phi) is 6.34. The fourth-order valence-corrected chi connectivity index (χ4v) is 5.31. The van der Waals surface area contributed by atoms with E-state index in [9.17, 15) is 14.0 Å². The number of thiophene rings is 1. The molecule has 2 N–H and O–H groups in total. The van der Waals surface area contributed by atoms with E-state index in [1.807, 2.05) is 26.0 Å². The maximum absolute atomic E-state index is 13.1. The smallest absolute Gasteiger partial charge is 0.261 e. The first kappa shape index (κ1) is 21.5. The Hall–Kier alpha value is -2.77. The lowest BCUT2D eigenvalue weighted by Crippen LogP contribution is -2.32. The predicted molar refractivity (Wildman–Crippen MR) is 123 cm³/mol. The fourth-order valence-electron chi connectivity index (χ4n) is 4.12. The number of hydrogen-bond donors (Lipinski definition) is 2. The topological polar surface area (TPSA) is 61.4 Å². The summed E-state index contributed by atoms with van der Waals surface area (Å²) in [6.45, 7) is 5.70. The average Bonchev–Trinajstić information content (AvgIpc) is 3.33. The van der Waals surface area contributed by atoms with E-state index in [0.717, 1.165) is 40.0 Å². The van der Waals surface area contributed by atoms with Crippen molar-refractivity contribution >= 4 is 38.9 Å². The van der Waals surface area contributed by atoms with Gasteiger partial charge in [0, 0.05) is 28.9 Å². The minimum absolute atomic E-state index is 0.0290. The minimum Gasteiger partial charge on any atom is -0.349 e. The molecular weight excluding hydrogens is 413 g/mol. The monoisotopic (exact) mass is 439 g/mol. The van der Waals surface area contributed by atoms with E-state index in [2.05, 4.69) is 27.7 Å². The van der Waals surface area contributed by atoms with Gasteiger partial charge in [-0.15, -0.1) is 11.3 Å². The molecule has 0 aliphatic carbocycles. The molecule has 1 aromatic heterocycles. The van der Waals surface area contributed by atoms with Crippen LogP contribution in [0.15, 0.2) is 48.5 Å². The number of likely N-dealkylation sites (tertiary alicyclic amines) is 1. The Morgan fingerprint density at radius 1 is 1.16 bits per heavy atom. The number of halogens is 1. The van der Waals surface area contributed by atoms with E-state index in [0.29, 0.717) is 5.69 Å². The fraction of sp³-hybridized carbons (Fsp3) is 0.333. The van der Waals surface area contributed by atoms with Crippen LogP contribution in [0.1, 0.15) is 41.4 Å². The van der Waals surface area contributed by atoms with Crippen LogP contribution >= 0.6 is 11.3 Å². The Bertz CT molecular complexity index is 1090. The Morgan fingerprint density at radius 2 is 1.90 bits per heavy atom. The second-order valence-electron chi connectivity index (χ2n) is 8.24. The number of nitrogens with zero attached hydrogens (tertiary/aromatic N) is 1. The molecular formula is C24H26FN3O2S. The molecule has 0 unspecified atom stereocenters. The van der Waals surface area contributed by atoms with Gasteiger partial charge in [-0.2, -0.15) is 0 Å². The molecule has 4 rings (SSSR count). The van der Waals surface area contributed by atoms with E-state index >= 15 is 0 Å². The normalized spacial score (nSPS) is 16.7. The SMILES string of the molecule is CC(C)NC(=O)c1sc2ccccc2c1[C@H]1CCN(CC(=O)Nc2ccc(F)cc2)C1. The standard InChI is InChI=1S/C24H26FN3O2S/c1-15(2)26-24(30)23-22(19-5-3-4-6-20(19)31-23)16-11-12-28(13-16)14-21(29)27-18-9-7-17(25)8-10-18/h3-10,15-16H,11-14H2,1-2H3,(H,26,30)(H,27,29)/t16-/m0/s1. The molecule has 0 saturated carbocycles. The largest absolute Gasteiger partial charge is 0.349 e. The van der Waals surface area contributed by atoms with Crippen LogP contribution in [0, 0.1) is 5.82 Å². The summed E-state index contributed by atoms with van der Waals surface area (Å²) < 4.78 is 14.2. The third-order valence-corrected chi connectivity index (χ3v) is 6.62. The third-order valence-electron chi connectivity index (χ3n) is 5.44. The molecule has 162 valence electrons. The van der Waals surface area contributed by atoms with Crippen molar-refractivity contribution in [3.05, 3.63) is 64.8 Å². The van der Waals surface area contributed by atoms with Crippen LogP contribution < -0.4 is 10.6 Å². The number of carbonyl (C=O) groups is 2. The summed E-state index contributed by atoms with van der Waals surface area (Å²) in [5, 5.41) is 6.97. The van der Waals surface area contributed by atoms with Gasteiger partial charge in [0.05, 0.1) is 11.4 Å². The van der Waals surface area contributed by atoms with Crippen molar-refractivity contribution in [1.82, 2.24) is 10.2 Å². The van der Waals surface area contributed by atoms with E-state index < -0.39 is 0 Å². The number of benzene rings is 2. The summed E-state index contributed by atoms with van der Waals surface area (Å²) in [7, 11) is 0. The summed E-state index contributed by atoms with van der Waals surface area (Å²) in [5.74, 6) is -0.290. The number of fused-ring (bicyclic) bond motifs is 1. The predicted octanol–water partition coefficient (Wildman–Crippen LogP) is 4.61. The van der Waals surface area contributed by atoms with Crippen LogP contribution in [0.25, 0.3) is 10.1 Å². The molecule has 2 aromatic carbocycles. The van der Waals surface area contributed by atoms with Gasteiger partial charge in [0.15, 0.2) is 0 Å². The molecule has 2 amide bonds. The van der Waals surface area contributed by atoms with Crippen molar-refractivity contribution in [3.8, 4) is 0 Å². The molecule has 2 heterocycles. The molecule has 3 aromatic rings. The van der Waals surface area contributed by atoms with Gasteiger partial charge in [-0.1, -0.05) is 18.2 Å². The van der Waals surface area contributed by atoms with Gasteiger partial charge in [0.1, 0.15) is 5.82 Å². The number of hydrogen-bond acceptors (Lipinski definition) is 4. The Morgan fingerprint density at radius 3 is 2.65 bits per heavy atom. The number of carbonyl (C=O) groups excluding carboxylic acids is 2. The Labute approximate surface area is 185 Å². The number of rotatable bonds is 6. The van der Waals surface area contributed by atoms with Crippen molar-refractivity contribution in [1.29, 1.82) is 0 Å². The van der Waals surface area contributed by atoms with Gasteiger partial charge < -0.3 is 10.6 Å². The van der Waals surface area contributed by atoms with E-state index in [-0.39, 0.29) is 36.1 Å². The molecule has 5 nitrogen and oxygen atoms in total. The van der Waals surface area contributed by atoms with E-state index in [4.69, 9.17) is 0 Å². The highest BCUT2D eigenvalue weighted by atomic mass is 32.1. The molecule has 1 aliphatic heterocycles. The first-order valence-electron chi connectivity index (χ1n) is 10.5. The lowest BCUT2D eigenvalue weighted by atomic mass is 9.95. The first-order chi connectivity index (χ1) is 14.9. The highest BCUT2D eigenvalue weighted by molar-refractivity contribution is 7.21. The molecule has 0 radical (unpaired) electrons. The molecule has 0 spiro atoms. The van der Waals surface area contributed by atoms with Gasteiger partial charge in [-0.3, -0.25) is 14.5 Å². The molecule has 1 saturated heterocycles. The Balaban J connectivity index is 1.49. The zero-order valence-corrected chi connectivity index (χ0v) is 18.5. The van der Waals surface area contributed by atoms with Crippen molar-refractivity contribution in [2.45, 2.75) is 32.2 Å². The molecule has 7 heteroatoms. The van der Waals surface area contributed by atoms with Gasteiger partial charge in [0.25, 0.3) is 5.91 Å². The summed E-state index contributed by atoms with van der Waals surface area (Å²) in [6.07, 6.45) is 0.895. The minimum atomic E-state index is -0.333. The van der Waals surface area contributed by atoms with E-state index in [1.165, 1.54) is 23.5 Å². The average molecular weight is 440 g/mol. The zero-order valence-electron chi connectivity index (χ0n) is 17.7. The van der Waals surface area contributed by atoms with Crippen molar-refractivity contribution in [2.24, 2.45) is 0 Å². The number of anilines is 1. The molecule has 0 bridgehead atoms. The molecule has 1 atom stereocenters. The lowest BCUT2D eigenvalue weighted by Gasteiger charge is -2.17. The van der Waals surface area contributed by atoms with Crippen molar-refractivity contribution < 1.29 is 14.0 Å². The van der Waals surface area contributed by atoms with E-state index in [1.54, 1.807) is 12.1 Å². The van der Waals surface area contributed by atoms with Crippen molar-refractivity contribution in [3.63, 3.8) is 0 Å². The molecule has 1 fully saturated rings. The van der Waals surface area contributed by atoms with Crippen LogP contribution in [0.5, 0.6) is 0 Å². The number of nitrogens with one attached hydrogen (secondary N) is 2. The highest BCUT2D eigenvalue weighted by Crippen LogP contribution is 2.40. The van der Waals surface area contributed by atoms with Gasteiger partial charge >= 0.3 is 0 Å². The maximum Gasteiger partial charge on any atom is 0.261 e. The van der Waals surface area contributed by atoms with Crippen molar-refractivity contribution in [2.75, 3.05) is 25.0 Å². The molecule has 31 heavy (non-hydrogen) atoms. The third kappa shape index (κ3) is 4.94. The quantitative estimate of drug-likeness (QED) is 0.590. The van der Waals surface area contributed by atoms with Gasteiger partial charge in [-0.25, -0.2) is 4.39 Å². The van der Waals surface area contributed by atoms with Crippen LogP contribution in [0.3, 0.4) is 0 Å². The summed E-state index contributed by atoms with van der Waals surface area (Å²) in [5.41, 5.74) is 1.68. The summed E-state index contributed by atoms with van der Waals surface area (Å²) >= 11 is 1.54. The zero-order chi connectivity index (χ0) is 22.0. The second kappa shape index (κ2) is 9.16. The van der Waals surface area contributed by atoms with Crippen LogP contribution in [-0.2, 0) is 4.79 Å².